The normalized spacial score (nSPS) is 12.0. The van der Waals surface area contributed by atoms with Gasteiger partial charge in [-0.05, 0) is 20.8 Å². The van der Waals surface area contributed by atoms with E-state index in [4.69, 9.17) is 5.11 Å². The highest BCUT2D eigenvalue weighted by Gasteiger charge is 1.97. The van der Waals surface area contributed by atoms with Crippen molar-refractivity contribution in [3.63, 3.8) is 0 Å². The third-order valence-corrected chi connectivity index (χ3v) is 0. The first-order chi connectivity index (χ1) is 2.00. The Hall–Kier alpha value is -0.0400. The quantitative estimate of drug-likeness (QED) is 0.422. The summed E-state index contributed by atoms with van der Waals surface area (Å²) in [6, 6.07) is 0. The molecule has 0 aromatic rings. The zero-order valence-electron chi connectivity index (χ0n) is 3.95. The van der Waals surface area contributed by atoms with Gasteiger partial charge in [-0.15, -0.1) is 0 Å². The molecule has 0 amide bonds. The Morgan fingerprint density at radius 2 is 1.20 bits per heavy atom. The molecule has 1 N–H and O–H groups in total. The van der Waals surface area contributed by atoms with Crippen LogP contribution in [0.5, 0.6) is 0 Å². The Balaban J connectivity index is 3.02. The van der Waals surface area contributed by atoms with Crippen LogP contribution in [0.2, 0.25) is 0 Å². The predicted octanol–water partition coefficient (Wildman–Crippen LogP) is 0.777. The van der Waals surface area contributed by atoms with Crippen LogP contribution < -0.4 is 0 Å². The molecule has 0 saturated carbocycles. The lowest BCUT2D eigenvalue weighted by Gasteiger charge is -2.04. The molecule has 0 aliphatic carbocycles. The zero-order chi connectivity index (χ0) is 4.50. The minimum absolute atomic E-state index is 0.500. The fourth-order valence-corrected chi connectivity index (χ4v) is 0. The van der Waals surface area contributed by atoms with Crippen LogP contribution in [0.3, 0.4) is 0 Å². The lowest BCUT2D eigenvalue weighted by molar-refractivity contribution is 0.102. The molecule has 0 spiro atoms. The van der Waals surface area contributed by atoms with Gasteiger partial charge in [0.2, 0.25) is 0 Å². The van der Waals surface area contributed by atoms with Crippen molar-refractivity contribution in [2.24, 2.45) is 0 Å². The van der Waals surface area contributed by atoms with Gasteiger partial charge >= 0.3 is 0 Å². The van der Waals surface area contributed by atoms with Gasteiger partial charge in [0.05, 0.1) is 5.60 Å². The van der Waals surface area contributed by atoms with Crippen molar-refractivity contribution in [1.82, 2.24) is 0 Å². The van der Waals surface area contributed by atoms with Crippen molar-refractivity contribution in [3.05, 3.63) is 0 Å². The standard InChI is InChI=1S/C4H10O/c1-4(2,3)5/h5H,1-3H3/i4+1. The maximum atomic E-state index is 8.52. The van der Waals surface area contributed by atoms with Gasteiger partial charge in [0.25, 0.3) is 0 Å². The highest BCUT2D eigenvalue weighted by Crippen LogP contribution is 1.93. The van der Waals surface area contributed by atoms with E-state index < -0.39 is 5.60 Å². The fourth-order valence-electron chi connectivity index (χ4n) is 0. The van der Waals surface area contributed by atoms with Gasteiger partial charge in [0.15, 0.2) is 0 Å². The van der Waals surface area contributed by atoms with E-state index in [1.807, 2.05) is 0 Å². The molecule has 32 valence electrons. The third kappa shape index (κ3) is 9510. The van der Waals surface area contributed by atoms with E-state index >= 15 is 0 Å². The Labute approximate surface area is 32.6 Å². The minimum atomic E-state index is -0.500. The first-order valence-electron chi connectivity index (χ1n) is 1.72. The van der Waals surface area contributed by atoms with Gasteiger partial charge in [0, 0.05) is 0 Å². The van der Waals surface area contributed by atoms with Crippen molar-refractivity contribution < 1.29 is 5.11 Å². The van der Waals surface area contributed by atoms with E-state index in [0.717, 1.165) is 0 Å². The monoisotopic (exact) mass is 75.1 g/mol. The highest BCUT2D eigenvalue weighted by molar-refractivity contribution is 4.50. The molecule has 5 heavy (non-hydrogen) atoms. The number of hydrogen-bond acceptors (Lipinski definition) is 1. The van der Waals surface area contributed by atoms with E-state index in [0.29, 0.717) is 0 Å². The van der Waals surface area contributed by atoms with Crippen LogP contribution in [-0.2, 0) is 0 Å². The van der Waals surface area contributed by atoms with Gasteiger partial charge in [-0.2, -0.15) is 0 Å². The third-order valence-electron chi connectivity index (χ3n) is 0. The minimum Gasteiger partial charge on any atom is -0.391 e. The second-order valence-electron chi connectivity index (χ2n) is 2.17. The van der Waals surface area contributed by atoms with Crippen LogP contribution in [0.4, 0.5) is 0 Å². The molecular formula is C4H10O. The molecule has 0 bridgehead atoms. The molecule has 0 aromatic carbocycles. The molecule has 1 heteroatoms. The molecule has 0 aliphatic heterocycles. The Morgan fingerprint density at radius 1 is 1.20 bits per heavy atom. The summed E-state index contributed by atoms with van der Waals surface area (Å²) >= 11 is 0. The lowest BCUT2D eigenvalue weighted by atomic mass is 10.6. The van der Waals surface area contributed by atoms with Gasteiger partial charge in [-0.3, -0.25) is 0 Å². The number of aliphatic hydroxyl groups is 1. The summed E-state index contributed by atoms with van der Waals surface area (Å²) in [5, 5.41) is 8.52. The molecule has 0 unspecified atom stereocenters. The fraction of sp³-hybridized carbons (Fsp3) is 1.00. The van der Waals surface area contributed by atoms with E-state index in [-0.39, 0.29) is 0 Å². The Morgan fingerprint density at radius 3 is 1.20 bits per heavy atom. The number of hydrogen-bond donors (Lipinski definition) is 1. The highest BCUT2D eigenvalue weighted by atomic mass is 16.4. The first-order valence-corrected chi connectivity index (χ1v) is 1.72. The molecule has 0 saturated heterocycles. The summed E-state index contributed by atoms with van der Waals surface area (Å²) in [4.78, 5) is 0. The zero-order valence-corrected chi connectivity index (χ0v) is 3.95. The molecule has 0 radical (unpaired) electrons. The topological polar surface area (TPSA) is 20.2 Å². The van der Waals surface area contributed by atoms with Crippen molar-refractivity contribution >= 4 is 0 Å². The lowest BCUT2D eigenvalue weighted by Crippen LogP contribution is -2.10. The summed E-state index contributed by atoms with van der Waals surface area (Å²) in [5.74, 6) is 0. The van der Waals surface area contributed by atoms with E-state index in [9.17, 15) is 0 Å². The van der Waals surface area contributed by atoms with E-state index in [1.165, 1.54) is 0 Å². The molecule has 0 rings (SSSR count). The summed E-state index contributed by atoms with van der Waals surface area (Å²) < 4.78 is 0. The van der Waals surface area contributed by atoms with Crippen LogP contribution in [0.15, 0.2) is 0 Å². The molecule has 0 heterocycles. The van der Waals surface area contributed by atoms with E-state index in [2.05, 4.69) is 0 Å². The van der Waals surface area contributed by atoms with Crippen LogP contribution >= 0.6 is 0 Å². The van der Waals surface area contributed by atoms with Gasteiger partial charge in [-0.1, -0.05) is 0 Å². The molecule has 0 atom stereocenters. The van der Waals surface area contributed by atoms with Crippen molar-refractivity contribution in [2.45, 2.75) is 26.4 Å². The van der Waals surface area contributed by atoms with Crippen LogP contribution in [0.25, 0.3) is 0 Å². The van der Waals surface area contributed by atoms with Crippen LogP contribution in [0, 0.1) is 0 Å². The van der Waals surface area contributed by atoms with Crippen molar-refractivity contribution in [3.8, 4) is 0 Å². The molecule has 0 fully saturated rings. The maximum absolute atomic E-state index is 8.52. The molecule has 0 aliphatic rings. The molecule has 0 aromatic heterocycles. The molecule has 1 nitrogen and oxygen atoms in total. The summed E-state index contributed by atoms with van der Waals surface area (Å²) in [6.45, 7) is 5.23. The van der Waals surface area contributed by atoms with Crippen LogP contribution in [-0.4, -0.2) is 10.7 Å². The second kappa shape index (κ2) is 0.977. The SMILES string of the molecule is C[13C](C)(C)O. The largest absolute Gasteiger partial charge is 0.391 e. The van der Waals surface area contributed by atoms with E-state index in [1.54, 1.807) is 20.8 Å². The van der Waals surface area contributed by atoms with Gasteiger partial charge in [-0.25, -0.2) is 0 Å². The van der Waals surface area contributed by atoms with Gasteiger partial charge in [0.1, 0.15) is 0 Å². The predicted molar refractivity (Wildman–Crippen MR) is 22.0 cm³/mol. The first kappa shape index (κ1) is 4.96. The smallest absolute Gasteiger partial charge is 0.0563 e. The summed E-state index contributed by atoms with van der Waals surface area (Å²) in [5.41, 5.74) is -0.500. The Kier molecular flexibility index (Phi) is 0.969. The maximum Gasteiger partial charge on any atom is 0.0563 e. The van der Waals surface area contributed by atoms with Crippen molar-refractivity contribution in [2.75, 3.05) is 0 Å². The second-order valence-corrected chi connectivity index (χ2v) is 2.17. The van der Waals surface area contributed by atoms with Crippen LogP contribution in [0.1, 0.15) is 20.8 Å². The summed E-state index contributed by atoms with van der Waals surface area (Å²) in [7, 11) is 0. The van der Waals surface area contributed by atoms with Crippen molar-refractivity contribution in [1.29, 1.82) is 0 Å². The number of rotatable bonds is 0. The average Bonchev–Trinajstić information content (AvgIpc) is 0.722. The Bertz CT molecular complexity index is 19.1. The molecular weight excluding hydrogens is 65.0 g/mol. The average molecular weight is 75.1 g/mol. The van der Waals surface area contributed by atoms with Gasteiger partial charge < -0.3 is 5.11 Å². The summed E-state index contributed by atoms with van der Waals surface area (Å²) in [6.07, 6.45) is 0.